The first-order chi connectivity index (χ1) is 7.79. The first-order valence-electron chi connectivity index (χ1n) is 4.53. The molecule has 16 heavy (non-hydrogen) atoms. The number of methoxy groups -OCH3 is 1. The lowest BCUT2D eigenvalue weighted by atomic mass is 10.2. The van der Waals surface area contributed by atoms with Crippen molar-refractivity contribution in [3.05, 3.63) is 34.1 Å². The molecular weight excluding hydrogens is 230 g/mol. The maximum Gasteiger partial charge on any atom is 0.122 e. The van der Waals surface area contributed by atoms with Crippen LogP contribution in [0, 0.1) is 0 Å². The molecule has 0 saturated carbocycles. The van der Waals surface area contributed by atoms with E-state index >= 15 is 0 Å². The highest BCUT2D eigenvalue weighted by Crippen LogP contribution is 2.26. The molecule has 0 amide bonds. The van der Waals surface area contributed by atoms with Gasteiger partial charge in [-0.3, -0.25) is 15.4 Å². The summed E-state index contributed by atoms with van der Waals surface area (Å²) in [4.78, 5) is 0. The number of H-pyrrole nitrogens is 1. The van der Waals surface area contributed by atoms with Gasteiger partial charge in [0.2, 0.25) is 0 Å². The quantitative estimate of drug-likeness (QED) is 0.885. The summed E-state index contributed by atoms with van der Waals surface area (Å²) in [5.41, 5.74) is 0.875. The zero-order valence-electron chi connectivity index (χ0n) is 8.51. The van der Waals surface area contributed by atoms with Gasteiger partial charge in [0, 0.05) is 17.1 Å². The number of benzene rings is 1. The predicted octanol–water partition coefficient (Wildman–Crippen LogP) is 2.07. The van der Waals surface area contributed by atoms with Crippen LogP contribution in [-0.2, 0) is 6.54 Å². The highest BCUT2D eigenvalue weighted by atomic mass is 35.5. The Labute approximate surface area is 97.0 Å². The molecule has 2 aromatic rings. The molecule has 1 N–H and O–H groups in total. The van der Waals surface area contributed by atoms with Gasteiger partial charge in [-0.05, 0) is 18.2 Å². The van der Waals surface area contributed by atoms with E-state index < -0.39 is 0 Å². The van der Waals surface area contributed by atoms with Gasteiger partial charge in [0.05, 0.1) is 13.1 Å². The summed E-state index contributed by atoms with van der Waals surface area (Å²) >= 11 is 5.89. The van der Waals surface area contributed by atoms with E-state index in [2.05, 4.69) is 25.9 Å². The minimum absolute atomic E-state index is 0.307. The van der Waals surface area contributed by atoms with Crippen LogP contribution in [-0.4, -0.2) is 27.7 Å². The Morgan fingerprint density at radius 3 is 3.06 bits per heavy atom. The van der Waals surface area contributed by atoms with Crippen molar-refractivity contribution >= 4 is 17.5 Å². The van der Waals surface area contributed by atoms with Crippen LogP contribution in [0.25, 0.3) is 5.32 Å². The molecule has 0 aliphatic heterocycles. The smallest absolute Gasteiger partial charge is 0.122 e. The molecule has 84 valence electrons. The molecule has 2 rings (SSSR count). The number of hydrogen-bond donors (Lipinski definition) is 1. The van der Waals surface area contributed by atoms with Crippen LogP contribution >= 0.6 is 11.6 Å². The summed E-state index contributed by atoms with van der Waals surface area (Å²) in [6.07, 6.45) is 0. The summed E-state index contributed by atoms with van der Waals surface area (Å²) in [7, 11) is 1.60. The Morgan fingerprint density at radius 1 is 1.50 bits per heavy atom. The summed E-state index contributed by atoms with van der Waals surface area (Å²) < 4.78 is 5.19. The average Bonchev–Trinajstić information content (AvgIpc) is 2.79. The fraction of sp³-hybridized carbons (Fsp3) is 0.222. The van der Waals surface area contributed by atoms with Crippen LogP contribution in [0.4, 0.5) is 5.95 Å². The van der Waals surface area contributed by atoms with Crippen molar-refractivity contribution in [2.45, 2.75) is 6.54 Å². The van der Waals surface area contributed by atoms with Gasteiger partial charge in [0.25, 0.3) is 0 Å². The molecule has 1 aromatic carbocycles. The molecule has 0 aliphatic carbocycles. The van der Waals surface area contributed by atoms with E-state index in [1.165, 1.54) is 0 Å². The lowest BCUT2D eigenvalue weighted by Gasteiger charge is -2.11. The van der Waals surface area contributed by atoms with Crippen LogP contribution in [0.1, 0.15) is 5.56 Å². The SMILES string of the molecule is COc1ccc(Cl)cc1C[N-]c1nn[nH]n1. The Kier molecular flexibility index (Phi) is 3.21. The van der Waals surface area contributed by atoms with Crippen molar-refractivity contribution in [1.29, 1.82) is 0 Å². The Morgan fingerprint density at radius 2 is 2.38 bits per heavy atom. The number of tetrazole rings is 1. The Hall–Kier alpha value is -1.82. The molecule has 0 fully saturated rings. The highest BCUT2D eigenvalue weighted by Gasteiger charge is 2.02. The molecular formula is C9H9ClN5O-. The lowest BCUT2D eigenvalue weighted by molar-refractivity contribution is 0.410. The van der Waals surface area contributed by atoms with E-state index in [1.54, 1.807) is 25.3 Å². The van der Waals surface area contributed by atoms with E-state index in [0.717, 1.165) is 11.3 Å². The predicted molar refractivity (Wildman–Crippen MR) is 58.9 cm³/mol. The van der Waals surface area contributed by atoms with Crippen molar-refractivity contribution in [2.75, 3.05) is 7.11 Å². The fourth-order valence-corrected chi connectivity index (χ4v) is 1.44. The third-order valence-corrected chi connectivity index (χ3v) is 2.20. The van der Waals surface area contributed by atoms with Gasteiger partial charge in [0.15, 0.2) is 0 Å². The number of halogens is 1. The van der Waals surface area contributed by atoms with Gasteiger partial charge in [-0.25, -0.2) is 0 Å². The number of aromatic nitrogens is 4. The lowest BCUT2D eigenvalue weighted by Crippen LogP contribution is -1.91. The average molecular weight is 239 g/mol. The fourth-order valence-electron chi connectivity index (χ4n) is 1.25. The van der Waals surface area contributed by atoms with Crippen molar-refractivity contribution < 1.29 is 4.74 Å². The van der Waals surface area contributed by atoms with Crippen molar-refractivity contribution in [1.82, 2.24) is 20.6 Å². The molecule has 0 radical (unpaired) electrons. The van der Waals surface area contributed by atoms with Crippen LogP contribution in [0.2, 0.25) is 5.02 Å². The van der Waals surface area contributed by atoms with Gasteiger partial charge in [0.1, 0.15) is 5.75 Å². The number of aromatic amines is 1. The van der Waals surface area contributed by atoms with Gasteiger partial charge in [-0.2, -0.15) is 0 Å². The Balaban J connectivity index is 2.11. The minimum atomic E-state index is 0.307. The van der Waals surface area contributed by atoms with E-state index in [9.17, 15) is 0 Å². The number of rotatable bonds is 4. The number of nitrogens with zero attached hydrogens (tertiary/aromatic N) is 4. The first-order valence-corrected chi connectivity index (χ1v) is 4.91. The zero-order chi connectivity index (χ0) is 11.4. The zero-order valence-corrected chi connectivity index (χ0v) is 9.27. The molecule has 0 saturated heterocycles. The maximum absolute atomic E-state index is 5.89. The minimum Gasteiger partial charge on any atom is -0.496 e. The summed E-state index contributed by atoms with van der Waals surface area (Å²) in [5.74, 6) is 1.04. The summed E-state index contributed by atoms with van der Waals surface area (Å²) in [6.45, 7) is 0.392. The van der Waals surface area contributed by atoms with E-state index in [1.807, 2.05) is 0 Å². The summed E-state index contributed by atoms with van der Waals surface area (Å²) in [6, 6.07) is 5.35. The van der Waals surface area contributed by atoms with Gasteiger partial charge in [-0.1, -0.05) is 11.6 Å². The monoisotopic (exact) mass is 238 g/mol. The molecule has 7 heteroatoms. The van der Waals surface area contributed by atoms with Gasteiger partial charge in [-0.15, -0.1) is 5.21 Å². The third kappa shape index (κ3) is 2.40. The second-order valence-corrected chi connectivity index (χ2v) is 3.42. The first kappa shape index (κ1) is 10.7. The molecule has 1 aromatic heterocycles. The summed E-state index contributed by atoms with van der Waals surface area (Å²) in [5, 5.41) is 17.9. The van der Waals surface area contributed by atoms with Gasteiger partial charge < -0.3 is 10.1 Å². The molecule has 6 nitrogen and oxygen atoms in total. The van der Waals surface area contributed by atoms with Gasteiger partial charge >= 0.3 is 0 Å². The molecule has 0 bridgehead atoms. The molecule has 0 unspecified atom stereocenters. The standard InChI is InChI=1S/C9H9ClN5O/c1-16-8-3-2-7(10)4-6(8)5-11-9-12-14-15-13-9/h2-4H,5H2,1H3,(H-,11,12,13,14,15)/q-1. The topological polar surface area (TPSA) is 77.8 Å². The van der Waals surface area contributed by atoms with Crippen molar-refractivity contribution in [3.63, 3.8) is 0 Å². The van der Waals surface area contributed by atoms with Crippen LogP contribution in [0.15, 0.2) is 18.2 Å². The van der Waals surface area contributed by atoms with Crippen LogP contribution < -0.4 is 4.74 Å². The normalized spacial score (nSPS) is 10.1. The maximum atomic E-state index is 5.89. The van der Waals surface area contributed by atoms with Crippen LogP contribution in [0.3, 0.4) is 0 Å². The molecule has 0 spiro atoms. The molecule has 0 atom stereocenters. The number of nitrogens with one attached hydrogen (secondary N) is 1. The Bertz CT molecular complexity index is 459. The molecule has 0 aliphatic rings. The second-order valence-electron chi connectivity index (χ2n) is 2.98. The number of ether oxygens (including phenoxy) is 1. The molecule has 1 heterocycles. The third-order valence-electron chi connectivity index (χ3n) is 1.97. The number of hydrogen-bond acceptors (Lipinski definition) is 4. The highest BCUT2D eigenvalue weighted by molar-refractivity contribution is 6.30. The van der Waals surface area contributed by atoms with E-state index in [4.69, 9.17) is 16.3 Å². The van der Waals surface area contributed by atoms with Crippen molar-refractivity contribution in [2.24, 2.45) is 0 Å². The van der Waals surface area contributed by atoms with Crippen molar-refractivity contribution in [3.8, 4) is 5.75 Å². The van der Waals surface area contributed by atoms with E-state index in [-0.39, 0.29) is 0 Å². The second kappa shape index (κ2) is 4.80. The van der Waals surface area contributed by atoms with E-state index in [0.29, 0.717) is 17.5 Å². The largest absolute Gasteiger partial charge is 0.496 e. The van der Waals surface area contributed by atoms with Crippen LogP contribution in [0.5, 0.6) is 5.75 Å².